The van der Waals surface area contributed by atoms with Crippen LogP contribution in [0.4, 0.5) is 11.4 Å². The van der Waals surface area contributed by atoms with Crippen LogP contribution in [0, 0.1) is 0 Å². The highest BCUT2D eigenvalue weighted by Gasteiger charge is 2.08. The Morgan fingerprint density at radius 1 is 1.13 bits per heavy atom. The first-order chi connectivity index (χ1) is 11.1. The molecule has 0 bridgehead atoms. The molecule has 6 nitrogen and oxygen atoms in total. The lowest BCUT2D eigenvalue weighted by molar-refractivity contribution is 0.102. The quantitative estimate of drug-likeness (QED) is 0.804. The zero-order valence-electron chi connectivity index (χ0n) is 13.0. The van der Waals surface area contributed by atoms with Crippen molar-refractivity contribution < 1.29 is 4.79 Å². The minimum absolute atomic E-state index is 0.137. The van der Waals surface area contributed by atoms with Crippen molar-refractivity contribution in [3.8, 4) is 5.69 Å². The molecule has 0 saturated carbocycles. The molecule has 2 aromatic carbocycles. The van der Waals surface area contributed by atoms with E-state index in [1.165, 1.54) is 6.33 Å². The summed E-state index contributed by atoms with van der Waals surface area (Å²) in [7, 11) is 3.89. The van der Waals surface area contributed by atoms with Crippen molar-refractivity contribution in [2.24, 2.45) is 0 Å². The molecule has 1 aromatic heterocycles. The molecule has 0 unspecified atom stereocenters. The second kappa shape index (κ2) is 6.31. The highest BCUT2D eigenvalue weighted by atomic mass is 16.1. The number of nitrogens with one attached hydrogen (secondary N) is 1. The van der Waals surface area contributed by atoms with Gasteiger partial charge in [-0.1, -0.05) is 6.07 Å². The van der Waals surface area contributed by atoms with E-state index < -0.39 is 0 Å². The predicted molar refractivity (Wildman–Crippen MR) is 90.1 cm³/mol. The average molecular weight is 307 g/mol. The van der Waals surface area contributed by atoms with Crippen LogP contribution in [-0.2, 0) is 0 Å². The third kappa shape index (κ3) is 3.37. The molecule has 0 fully saturated rings. The molecule has 1 heterocycles. The molecule has 0 aliphatic heterocycles. The lowest BCUT2D eigenvalue weighted by Gasteiger charge is -2.13. The Morgan fingerprint density at radius 3 is 2.57 bits per heavy atom. The molecule has 0 aliphatic carbocycles. The number of hydrogen-bond donors (Lipinski definition) is 1. The van der Waals surface area contributed by atoms with Crippen LogP contribution < -0.4 is 10.2 Å². The van der Waals surface area contributed by atoms with Gasteiger partial charge in [0.1, 0.15) is 12.7 Å². The van der Waals surface area contributed by atoms with Gasteiger partial charge in [-0.3, -0.25) is 4.79 Å². The minimum atomic E-state index is -0.137. The van der Waals surface area contributed by atoms with Crippen molar-refractivity contribution >= 4 is 17.3 Å². The van der Waals surface area contributed by atoms with Gasteiger partial charge in [-0.15, -0.1) is 0 Å². The van der Waals surface area contributed by atoms with Crippen molar-refractivity contribution in [1.82, 2.24) is 14.8 Å². The van der Waals surface area contributed by atoms with E-state index in [0.717, 1.165) is 17.1 Å². The third-order valence-corrected chi connectivity index (χ3v) is 3.43. The van der Waals surface area contributed by atoms with Gasteiger partial charge in [-0.25, -0.2) is 9.67 Å². The summed E-state index contributed by atoms with van der Waals surface area (Å²) in [5, 5.41) is 6.96. The summed E-state index contributed by atoms with van der Waals surface area (Å²) in [6, 6.07) is 14.9. The molecule has 0 atom stereocenters. The highest BCUT2D eigenvalue weighted by molar-refractivity contribution is 6.04. The molecule has 116 valence electrons. The molecule has 0 aliphatic rings. The Bertz CT molecular complexity index is 794. The third-order valence-electron chi connectivity index (χ3n) is 3.43. The maximum absolute atomic E-state index is 12.3. The second-order valence-electron chi connectivity index (χ2n) is 5.29. The molecule has 6 heteroatoms. The molecular weight excluding hydrogens is 290 g/mol. The molecule has 1 N–H and O–H groups in total. The average Bonchev–Trinajstić information content (AvgIpc) is 3.10. The zero-order chi connectivity index (χ0) is 16.2. The summed E-state index contributed by atoms with van der Waals surface area (Å²) >= 11 is 0. The second-order valence-corrected chi connectivity index (χ2v) is 5.29. The maximum atomic E-state index is 12.3. The topological polar surface area (TPSA) is 63.1 Å². The molecule has 23 heavy (non-hydrogen) atoms. The monoisotopic (exact) mass is 307 g/mol. The van der Waals surface area contributed by atoms with Gasteiger partial charge in [0, 0.05) is 31.0 Å². The van der Waals surface area contributed by atoms with Gasteiger partial charge < -0.3 is 10.2 Å². The minimum Gasteiger partial charge on any atom is -0.378 e. The molecule has 3 aromatic rings. The Morgan fingerprint density at radius 2 is 1.91 bits per heavy atom. The van der Waals surface area contributed by atoms with Crippen molar-refractivity contribution in [2.45, 2.75) is 0 Å². The van der Waals surface area contributed by atoms with Crippen LogP contribution in [0.3, 0.4) is 0 Å². The fourth-order valence-corrected chi connectivity index (χ4v) is 2.17. The fourth-order valence-electron chi connectivity index (χ4n) is 2.17. The first-order valence-electron chi connectivity index (χ1n) is 7.17. The fraction of sp³-hybridized carbons (Fsp3) is 0.118. The van der Waals surface area contributed by atoms with Crippen molar-refractivity contribution in [1.29, 1.82) is 0 Å². The van der Waals surface area contributed by atoms with Gasteiger partial charge in [0.05, 0.1) is 5.69 Å². The van der Waals surface area contributed by atoms with E-state index in [4.69, 9.17) is 0 Å². The van der Waals surface area contributed by atoms with Crippen LogP contribution in [-0.4, -0.2) is 34.8 Å². The lowest BCUT2D eigenvalue weighted by Crippen LogP contribution is -2.14. The number of rotatable bonds is 4. The molecular formula is C17H17N5O. The number of carbonyl (C=O) groups is 1. The summed E-state index contributed by atoms with van der Waals surface area (Å²) in [5.74, 6) is -0.137. The number of amides is 1. The van der Waals surface area contributed by atoms with Gasteiger partial charge in [-0.05, 0) is 42.5 Å². The van der Waals surface area contributed by atoms with E-state index in [2.05, 4.69) is 15.4 Å². The molecule has 0 radical (unpaired) electrons. The van der Waals surface area contributed by atoms with Gasteiger partial charge in [0.25, 0.3) is 5.91 Å². The molecule has 1 amide bonds. The van der Waals surface area contributed by atoms with E-state index in [-0.39, 0.29) is 5.91 Å². The van der Waals surface area contributed by atoms with E-state index in [1.807, 2.05) is 61.5 Å². The Hall–Kier alpha value is -3.15. The summed E-state index contributed by atoms with van der Waals surface area (Å²) in [6.07, 6.45) is 3.10. The number of anilines is 2. The number of hydrogen-bond acceptors (Lipinski definition) is 4. The van der Waals surface area contributed by atoms with Crippen LogP contribution in [0.25, 0.3) is 5.69 Å². The number of nitrogens with zero attached hydrogens (tertiary/aromatic N) is 4. The lowest BCUT2D eigenvalue weighted by atomic mass is 10.1. The van der Waals surface area contributed by atoms with E-state index in [1.54, 1.807) is 17.1 Å². The van der Waals surface area contributed by atoms with E-state index >= 15 is 0 Å². The number of carbonyl (C=O) groups excluding carboxylic acids is 1. The molecule has 0 saturated heterocycles. The maximum Gasteiger partial charge on any atom is 0.255 e. The van der Waals surface area contributed by atoms with E-state index in [9.17, 15) is 4.79 Å². The number of benzene rings is 2. The Labute approximate surface area is 134 Å². The smallest absolute Gasteiger partial charge is 0.255 e. The normalized spacial score (nSPS) is 10.3. The van der Waals surface area contributed by atoms with Crippen LogP contribution >= 0.6 is 0 Å². The van der Waals surface area contributed by atoms with Gasteiger partial charge in [0.15, 0.2) is 0 Å². The van der Waals surface area contributed by atoms with Crippen molar-refractivity contribution in [3.05, 3.63) is 66.7 Å². The molecule has 3 rings (SSSR count). The van der Waals surface area contributed by atoms with Crippen LogP contribution in [0.2, 0.25) is 0 Å². The Kier molecular flexibility index (Phi) is 4.05. The summed E-state index contributed by atoms with van der Waals surface area (Å²) in [5.41, 5.74) is 3.22. The SMILES string of the molecule is CN(C)c1cccc(C(=O)Nc2ccc(-n3cncn3)cc2)c1. The van der Waals surface area contributed by atoms with Crippen LogP contribution in [0.1, 0.15) is 10.4 Å². The summed E-state index contributed by atoms with van der Waals surface area (Å²) in [4.78, 5) is 18.2. The molecule has 0 spiro atoms. The first kappa shape index (κ1) is 14.8. The van der Waals surface area contributed by atoms with Gasteiger partial charge >= 0.3 is 0 Å². The van der Waals surface area contributed by atoms with E-state index in [0.29, 0.717) is 5.56 Å². The van der Waals surface area contributed by atoms with Crippen molar-refractivity contribution in [3.63, 3.8) is 0 Å². The van der Waals surface area contributed by atoms with Gasteiger partial charge in [-0.2, -0.15) is 5.10 Å². The first-order valence-corrected chi connectivity index (χ1v) is 7.17. The van der Waals surface area contributed by atoms with Gasteiger partial charge in [0.2, 0.25) is 0 Å². The zero-order valence-corrected chi connectivity index (χ0v) is 13.0. The highest BCUT2D eigenvalue weighted by Crippen LogP contribution is 2.16. The predicted octanol–water partition coefficient (Wildman–Crippen LogP) is 2.59. The number of aromatic nitrogens is 3. The summed E-state index contributed by atoms with van der Waals surface area (Å²) in [6.45, 7) is 0. The summed E-state index contributed by atoms with van der Waals surface area (Å²) < 4.78 is 1.66. The van der Waals surface area contributed by atoms with Crippen LogP contribution in [0.5, 0.6) is 0 Å². The standard InChI is InChI=1S/C17H17N5O/c1-21(2)16-5-3-4-13(10-16)17(23)20-14-6-8-15(9-7-14)22-12-18-11-19-22/h3-12H,1-2H3,(H,20,23). The largest absolute Gasteiger partial charge is 0.378 e. The Balaban J connectivity index is 1.74. The van der Waals surface area contributed by atoms with Crippen molar-refractivity contribution in [2.75, 3.05) is 24.3 Å². The van der Waals surface area contributed by atoms with Crippen LogP contribution in [0.15, 0.2) is 61.2 Å².